The lowest BCUT2D eigenvalue weighted by molar-refractivity contribution is -0.384. The molecule has 8 heteroatoms. The Kier molecular flexibility index (Phi) is 4.44. The second-order valence-corrected chi connectivity index (χ2v) is 4.79. The summed E-state index contributed by atoms with van der Waals surface area (Å²) in [4.78, 5) is 21.6. The van der Waals surface area contributed by atoms with Crippen LogP contribution in [0, 0.1) is 10.1 Å². The van der Waals surface area contributed by atoms with E-state index in [0.29, 0.717) is 28.5 Å². The van der Waals surface area contributed by atoms with Crippen LogP contribution in [0.4, 0.5) is 5.69 Å². The number of carbonyl (C=O) groups excluding carboxylic acids is 1. The van der Waals surface area contributed by atoms with Crippen LogP contribution in [-0.2, 0) is 11.3 Å². The molecule has 21 heavy (non-hydrogen) atoms. The van der Waals surface area contributed by atoms with Crippen LogP contribution in [0.1, 0.15) is 5.56 Å². The number of dihydropyridines is 1. The minimum absolute atomic E-state index is 0.0114. The molecule has 2 rings (SSSR count). The highest BCUT2D eigenvalue weighted by molar-refractivity contribution is 6.29. The van der Waals surface area contributed by atoms with E-state index < -0.39 is 10.8 Å². The highest BCUT2D eigenvalue weighted by Crippen LogP contribution is 2.16. The van der Waals surface area contributed by atoms with E-state index in [1.54, 1.807) is 18.2 Å². The van der Waals surface area contributed by atoms with Crippen LogP contribution in [0.15, 0.2) is 46.8 Å². The molecule has 1 amide bonds. The Balaban J connectivity index is 2.16. The number of non-ortho nitro benzene ring substituents is 1. The fraction of sp³-hybridized carbons (Fsp3) is 0.154. The van der Waals surface area contributed by atoms with Gasteiger partial charge in [-0.05, 0) is 11.6 Å². The van der Waals surface area contributed by atoms with Gasteiger partial charge in [-0.15, -0.1) is 0 Å². The quantitative estimate of drug-likeness (QED) is 0.429. The molecule has 0 fully saturated rings. The Morgan fingerprint density at radius 1 is 1.52 bits per heavy atom. The lowest BCUT2D eigenvalue weighted by Crippen LogP contribution is -2.31. The van der Waals surface area contributed by atoms with Gasteiger partial charge in [0.25, 0.3) is 5.69 Å². The number of carbonyl (C=O) groups is 1. The molecule has 0 atom stereocenters. The average Bonchev–Trinajstić information content (AvgIpc) is 2.45. The van der Waals surface area contributed by atoms with Crippen molar-refractivity contribution in [3.05, 3.63) is 62.4 Å². The van der Waals surface area contributed by atoms with Crippen LogP contribution in [0.5, 0.6) is 0 Å². The third-order valence-electron chi connectivity index (χ3n) is 2.93. The number of hydrogen-bond donors (Lipinski definition) is 3. The Labute approximate surface area is 125 Å². The minimum Gasteiger partial charge on any atom is -0.380 e. The predicted molar refractivity (Wildman–Crippen MR) is 78.1 cm³/mol. The van der Waals surface area contributed by atoms with Gasteiger partial charge in [0.15, 0.2) is 0 Å². The molecule has 0 saturated carbocycles. The molecule has 1 heterocycles. The molecule has 0 spiro atoms. The van der Waals surface area contributed by atoms with Crippen molar-refractivity contribution < 1.29 is 9.72 Å². The topological polar surface area (TPSA) is 110 Å². The molecule has 1 aromatic carbocycles. The first-order valence-electron chi connectivity index (χ1n) is 6.08. The SMILES string of the molecule is NC(=O)C1=C(NCc2cccc([N+](=O)[O-])c2)C=C(Cl)NC1. The number of amides is 1. The second kappa shape index (κ2) is 6.27. The maximum absolute atomic E-state index is 11.3. The summed E-state index contributed by atoms with van der Waals surface area (Å²) in [6, 6.07) is 6.23. The molecule has 0 aliphatic carbocycles. The van der Waals surface area contributed by atoms with Crippen LogP contribution in [-0.4, -0.2) is 17.4 Å². The van der Waals surface area contributed by atoms with Crippen molar-refractivity contribution >= 4 is 23.2 Å². The number of nitro groups is 1. The number of halogens is 1. The first-order valence-corrected chi connectivity index (χ1v) is 6.46. The van der Waals surface area contributed by atoms with Crippen molar-refractivity contribution in [1.29, 1.82) is 0 Å². The van der Waals surface area contributed by atoms with Gasteiger partial charge in [-0.25, -0.2) is 0 Å². The van der Waals surface area contributed by atoms with Crippen LogP contribution < -0.4 is 16.4 Å². The summed E-state index contributed by atoms with van der Waals surface area (Å²) in [5, 5.41) is 16.9. The first kappa shape index (κ1) is 14.9. The van der Waals surface area contributed by atoms with Gasteiger partial charge in [-0.3, -0.25) is 14.9 Å². The van der Waals surface area contributed by atoms with E-state index in [1.165, 1.54) is 12.1 Å². The van der Waals surface area contributed by atoms with Crippen LogP contribution in [0.25, 0.3) is 0 Å². The number of hydrogen-bond acceptors (Lipinski definition) is 5. The van der Waals surface area contributed by atoms with Gasteiger partial charge in [-0.1, -0.05) is 23.7 Å². The maximum atomic E-state index is 11.3. The number of nitro benzene ring substituents is 1. The minimum atomic E-state index is -0.551. The number of nitrogens with zero attached hydrogens (tertiary/aromatic N) is 1. The van der Waals surface area contributed by atoms with E-state index in [0.717, 1.165) is 0 Å². The standard InChI is InChI=1S/C13H13ClN4O3/c14-12-5-11(10(7-17-12)13(15)19)16-6-8-2-1-3-9(4-8)18(20)21/h1-5,16-17H,6-7H2,(H2,15,19). The predicted octanol–water partition coefficient (Wildman–Crippen LogP) is 1.11. The molecule has 1 aliphatic heterocycles. The zero-order chi connectivity index (χ0) is 15.4. The van der Waals surface area contributed by atoms with Crippen molar-refractivity contribution in [3.8, 4) is 0 Å². The van der Waals surface area contributed by atoms with Crippen molar-refractivity contribution in [2.24, 2.45) is 5.73 Å². The number of nitrogens with two attached hydrogens (primary N) is 1. The lowest BCUT2D eigenvalue weighted by atomic mass is 10.1. The molecule has 7 nitrogen and oxygen atoms in total. The Bertz CT molecular complexity index is 655. The van der Waals surface area contributed by atoms with E-state index in [1.807, 2.05) is 0 Å². The highest BCUT2D eigenvalue weighted by Gasteiger charge is 2.16. The van der Waals surface area contributed by atoms with Gasteiger partial charge >= 0.3 is 0 Å². The number of allylic oxidation sites excluding steroid dienone is 1. The summed E-state index contributed by atoms with van der Waals surface area (Å²) >= 11 is 5.86. The molecular formula is C13H13ClN4O3. The number of primary amides is 1. The summed E-state index contributed by atoms with van der Waals surface area (Å²) in [6.45, 7) is 0.552. The van der Waals surface area contributed by atoms with Crippen LogP contribution in [0.3, 0.4) is 0 Å². The molecule has 1 aromatic rings. The Morgan fingerprint density at radius 2 is 2.29 bits per heavy atom. The summed E-state index contributed by atoms with van der Waals surface area (Å²) in [5.74, 6) is -0.551. The Morgan fingerprint density at radius 3 is 2.95 bits per heavy atom. The summed E-state index contributed by atoms with van der Waals surface area (Å²) in [5.41, 5.74) is 6.91. The van der Waals surface area contributed by atoms with Gasteiger partial charge in [0.2, 0.25) is 5.91 Å². The fourth-order valence-corrected chi connectivity index (χ4v) is 2.06. The van der Waals surface area contributed by atoms with Crippen LogP contribution in [0.2, 0.25) is 0 Å². The number of rotatable bonds is 5. The summed E-state index contributed by atoms with van der Waals surface area (Å²) < 4.78 is 0. The van der Waals surface area contributed by atoms with Crippen molar-refractivity contribution in [1.82, 2.24) is 10.6 Å². The first-order chi connectivity index (χ1) is 9.97. The van der Waals surface area contributed by atoms with Gasteiger partial charge < -0.3 is 16.4 Å². The van der Waals surface area contributed by atoms with Crippen molar-refractivity contribution in [2.45, 2.75) is 6.54 Å². The van der Waals surface area contributed by atoms with E-state index in [2.05, 4.69) is 10.6 Å². The van der Waals surface area contributed by atoms with Gasteiger partial charge in [0.05, 0.1) is 10.5 Å². The smallest absolute Gasteiger partial charge is 0.269 e. The van der Waals surface area contributed by atoms with E-state index in [4.69, 9.17) is 17.3 Å². The lowest BCUT2D eigenvalue weighted by Gasteiger charge is -2.18. The zero-order valence-corrected chi connectivity index (χ0v) is 11.7. The summed E-state index contributed by atoms with van der Waals surface area (Å²) in [6.07, 6.45) is 1.56. The van der Waals surface area contributed by atoms with Crippen LogP contribution >= 0.6 is 11.6 Å². The molecular weight excluding hydrogens is 296 g/mol. The average molecular weight is 309 g/mol. The molecule has 1 aliphatic rings. The fourth-order valence-electron chi connectivity index (χ4n) is 1.89. The van der Waals surface area contributed by atoms with Gasteiger partial charge in [0, 0.05) is 30.9 Å². The van der Waals surface area contributed by atoms with E-state index in [9.17, 15) is 14.9 Å². The molecule has 0 unspecified atom stereocenters. The molecule has 0 radical (unpaired) electrons. The van der Waals surface area contributed by atoms with E-state index in [-0.39, 0.29) is 12.2 Å². The normalized spacial score (nSPS) is 14.2. The maximum Gasteiger partial charge on any atom is 0.269 e. The second-order valence-electron chi connectivity index (χ2n) is 4.38. The largest absolute Gasteiger partial charge is 0.380 e. The number of benzene rings is 1. The molecule has 4 N–H and O–H groups in total. The summed E-state index contributed by atoms with van der Waals surface area (Å²) in [7, 11) is 0. The Hall–Kier alpha value is -2.54. The molecule has 110 valence electrons. The van der Waals surface area contributed by atoms with E-state index >= 15 is 0 Å². The third kappa shape index (κ3) is 3.73. The zero-order valence-electron chi connectivity index (χ0n) is 10.9. The van der Waals surface area contributed by atoms with Gasteiger partial charge in [-0.2, -0.15) is 0 Å². The highest BCUT2D eigenvalue weighted by atomic mass is 35.5. The third-order valence-corrected chi connectivity index (χ3v) is 3.17. The van der Waals surface area contributed by atoms with Gasteiger partial charge in [0.1, 0.15) is 5.16 Å². The molecule has 0 saturated heterocycles. The van der Waals surface area contributed by atoms with Crippen molar-refractivity contribution in [3.63, 3.8) is 0 Å². The monoisotopic (exact) mass is 308 g/mol. The van der Waals surface area contributed by atoms with Crippen molar-refractivity contribution in [2.75, 3.05) is 6.54 Å². The molecule has 0 bridgehead atoms. The number of nitrogens with one attached hydrogen (secondary N) is 2. The molecule has 0 aromatic heterocycles.